The fraction of sp³-hybridized carbons (Fsp3) is 0.364. The molecule has 1 rings (SSSR count). The van der Waals surface area contributed by atoms with Crippen LogP contribution in [0.3, 0.4) is 0 Å². The molecule has 1 unspecified atom stereocenters. The average molecular weight is 178 g/mol. The molecule has 2 nitrogen and oxygen atoms in total. The Kier molecular flexibility index (Phi) is 3.07. The number of benzene rings is 1. The lowest BCUT2D eigenvalue weighted by molar-refractivity contribution is 0.0924. The van der Waals surface area contributed by atoms with Gasteiger partial charge in [0.1, 0.15) is 5.75 Å². The zero-order valence-electron chi connectivity index (χ0n) is 7.95. The van der Waals surface area contributed by atoms with Gasteiger partial charge in [0.2, 0.25) is 0 Å². The van der Waals surface area contributed by atoms with Crippen molar-refractivity contribution >= 4 is 5.78 Å². The van der Waals surface area contributed by atoms with Crippen LogP contribution in [0.1, 0.15) is 30.6 Å². The van der Waals surface area contributed by atoms with Crippen LogP contribution in [0.25, 0.3) is 0 Å². The molecule has 0 aromatic heterocycles. The molecule has 0 spiro atoms. The minimum atomic E-state index is -0.0201. The Balaban J connectivity index is 2.95. The number of rotatable bonds is 3. The van der Waals surface area contributed by atoms with E-state index in [1.54, 1.807) is 18.2 Å². The second-order valence-corrected chi connectivity index (χ2v) is 3.19. The number of phenolic OH excluding ortho intramolecular Hbond substituents is 1. The summed E-state index contributed by atoms with van der Waals surface area (Å²) in [5.41, 5.74) is 0.428. The fourth-order valence-corrected chi connectivity index (χ4v) is 1.13. The van der Waals surface area contributed by atoms with Gasteiger partial charge >= 0.3 is 0 Å². The van der Waals surface area contributed by atoms with Gasteiger partial charge in [-0.15, -0.1) is 0 Å². The number of aromatic hydroxyl groups is 1. The smallest absolute Gasteiger partial charge is 0.169 e. The van der Waals surface area contributed by atoms with Gasteiger partial charge in [-0.05, 0) is 18.6 Å². The lowest BCUT2D eigenvalue weighted by atomic mass is 9.97. The van der Waals surface area contributed by atoms with Crippen LogP contribution >= 0.6 is 0 Å². The molecule has 0 radical (unpaired) electrons. The molecule has 0 amide bonds. The van der Waals surface area contributed by atoms with Gasteiger partial charge in [-0.2, -0.15) is 0 Å². The zero-order valence-corrected chi connectivity index (χ0v) is 7.95. The number of para-hydroxylation sites is 1. The summed E-state index contributed by atoms with van der Waals surface area (Å²) >= 11 is 0. The van der Waals surface area contributed by atoms with Gasteiger partial charge in [0, 0.05) is 5.92 Å². The Morgan fingerprint density at radius 3 is 2.62 bits per heavy atom. The number of carbonyl (C=O) groups excluding carboxylic acids is 1. The third-order valence-corrected chi connectivity index (χ3v) is 2.23. The number of phenols is 1. The number of hydrogen-bond donors (Lipinski definition) is 1. The van der Waals surface area contributed by atoms with Crippen molar-refractivity contribution in [3.8, 4) is 5.75 Å². The van der Waals surface area contributed by atoms with E-state index >= 15 is 0 Å². The van der Waals surface area contributed by atoms with Gasteiger partial charge in [0.15, 0.2) is 5.78 Å². The molecule has 13 heavy (non-hydrogen) atoms. The van der Waals surface area contributed by atoms with E-state index in [1.165, 1.54) is 6.07 Å². The van der Waals surface area contributed by atoms with Crippen molar-refractivity contribution in [2.24, 2.45) is 5.92 Å². The quantitative estimate of drug-likeness (QED) is 0.722. The third-order valence-electron chi connectivity index (χ3n) is 2.23. The maximum Gasteiger partial charge on any atom is 0.169 e. The number of hydrogen-bond acceptors (Lipinski definition) is 2. The Morgan fingerprint density at radius 2 is 2.08 bits per heavy atom. The first kappa shape index (κ1) is 9.78. The number of Topliss-reactive ketones (excluding diaryl/α,β-unsaturated/α-hetero) is 1. The maximum absolute atomic E-state index is 11.6. The summed E-state index contributed by atoms with van der Waals surface area (Å²) in [7, 11) is 0. The lowest BCUT2D eigenvalue weighted by Crippen LogP contribution is -2.10. The molecule has 1 N–H and O–H groups in total. The zero-order chi connectivity index (χ0) is 9.84. The van der Waals surface area contributed by atoms with E-state index in [-0.39, 0.29) is 17.5 Å². The summed E-state index contributed by atoms with van der Waals surface area (Å²) in [5.74, 6) is 0.0710. The van der Waals surface area contributed by atoms with Crippen LogP contribution in [-0.4, -0.2) is 10.9 Å². The van der Waals surface area contributed by atoms with E-state index in [1.807, 2.05) is 13.8 Å². The molecular formula is C11H14O2. The molecular weight excluding hydrogens is 164 g/mol. The molecule has 0 bridgehead atoms. The highest BCUT2D eigenvalue weighted by molar-refractivity contribution is 5.99. The van der Waals surface area contributed by atoms with Crippen LogP contribution in [0.4, 0.5) is 0 Å². The monoisotopic (exact) mass is 178 g/mol. The molecule has 0 saturated carbocycles. The Morgan fingerprint density at radius 1 is 1.46 bits per heavy atom. The highest BCUT2D eigenvalue weighted by Gasteiger charge is 2.15. The van der Waals surface area contributed by atoms with E-state index in [4.69, 9.17) is 0 Å². The van der Waals surface area contributed by atoms with Crippen molar-refractivity contribution in [3.63, 3.8) is 0 Å². The summed E-state index contributed by atoms with van der Waals surface area (Å²) in [6.45, 7) is 3.83. The predicted molar refractivity (Wildman–Crippen MR) is 51.9 cm³/mol. The predicted octanol–water partition coefficient (Wildman–Crippen LogP) is 2.62. The lowest BCUT2D eigenvalue weighted by Gasteiger charge is -2.08. The molecule has 1 aromatic rings. The first-order valence-corrected chi connectivity index (χ1v) is 4.49. The number of ketones is 1. The van der Waals surface area contributed by atoms with Crippen molar-refractivity contribution in [3.05, 3.63) is 29.8 Å². The molecule has 0 fully saturated rings. The van der Waals surface area contributed by atoms with Crippen molar-refractivity contribution in [2.75, 3.05) is 0 Å². The Labute approximate surface area is 78.2 Å². The van der Waals surface area contributed by atoms with Crippen molar-refractivity contribution < 1.29 is 9.90 Å². The molecule has 70 valence electrons. The third kappa shape index (κ3) is 2.08. The topological polar surface area (TPSA) is 37.3 Å². The molecule has 0 heterocycles. The van der Waals surface area contributed by atoms with E-state index in [9.17, 15) is 9.90 Å². The maximum atomic E-state index is 11.6. The summed E-state index contributed by atoms with van der Waals surface area (Å²) < 4.78 is 0. The molecule has 0 aliphatic rings. The first-order valence-electron chi connectivity index (χ1n) is 4.49. The molecule has 2 heteroatoms. The van der Waals surface area contributed by atoms with Crippen LogP contribution in [0, 0.1) is 5.92 Å². The normalized spacial score (nSPS) is 12.5. The van der Waals surface area contributed by atoms with Crippen LogP contribution in [0.2, 0.25) is 0 Å². The van der Waals surface area contributed by atoms with Crippen LogP contribution in [0.15, 0.2) is 24.3 Å². The van der Waals surface area contributed by atoms with Crippen LogP contribution in [0.5, 0.6) is 5.75 Å². The van der Waals surface area contributed by atoms with Gasteiger partial charge in [0.25, 0.3) is 0 Å². The summed E-state index contributed by atoms with van der Waals surface area (Å²) in [5, 5.41) is 9.40. The van der Waals surface area contributed by atoms with E-state index in [2.05, 4.69) is 0 Å². The van der Waals surface area contributed by atoms with Crippen LogP contribution < -0.4 is 0 Å². The second kappa shape index (κ2) is 4.08. The second-order valence-electron chi connectivity index (χ2n) is 3.19. The summed E-state index contributed by atoms with van der Waals surface area (Å²) in [6, 6.07) is 6.66. The molecule has 0 aliphatic carbocycles. The Hall–Kier alpha value is -1.31. The highest BCUT2D eigenvalue weighted by atomic mass is 16.3. The summed E-state index contributed by atoms with van der Waals surface area (Å²) in [6.07, 6.45) is 0.799. The SMILES string of the molecule is CCC(C)C(=O)c1ccccc1O. The van der Waals surface area contributed by atoms with Gasteiger partial charge in [-0.3, -0.25) is 4.79 Å². The van der Waals surface area contributed by atoms with E-state index < -0.39 is 0 Å². The highest BCUT2D eigenvalue weighted by Crippen LogP contribution is 2.20. The minimum absolute atomic E-state index is 0.0144. The first-order chi connectivity index (χ1) is 6.16. The number of carbonyl (C=O) groups is 1. The minimum Gasteiger partial charge on any atom is -0.507 e. The van der Waals surface area contributed by atoms with E-state index in [0.29, 0.717) is 5.56 Å². The van der Waals surface area contributed by atoms with Gasteiger partial charge in [-0.1, -0.05) is 26.0 Å². The molecule has 1 aromatic carbocycles. The van der Waals surface area contributed by atoms with Crippen molar-refractivity contribution in [1.82, 2.24) is 0 Å². The van der Waals surface area contributed by atoms with Gasteiger partial charge < -0.3 is 5.11 Å². The largest absolute Gasteiger partial charge is 0.507 e. The van der Waals surface area contributed by atoms with Gasteiger partial charge in [0.05, 0.1) is 5.56 Å². The van der Waals surface area contributed by atoms with E-state index in [0.717, 1.165) is 6.42 Å². The fourth-order valence-electron chi connectivity index (χ4n) is 1.13. The molecule has 0 aliphatic heterocycles. The Bertz CT molecular complexity index is 305. The average Bonchev–Trinajstić information content (AvgIpc) is 2.16. The van der Waals surface area contributed by atoms with Crippen LogP contribution in [-0.2, 0) is 0 Å². The molecule has 1 atom stereocenters. The van der Waals surface area contributed by atoms with Gasteiger partial charge in [-0.25, -0.2) is 0 Å². The van der Waals surface area contributed by atoms with Crippen molar-refractivity contribution in [2.45, 2.75) is 20.3 Å². The van der Waals surface area contributed by atoms with Crippen molar-refractivity contribution in [1.29, 1.82) is 0 Å². The summed E-state index contributed by atoms with van der Waals surface area (Å²) in [4.78, 5) is 11.6. The molecule has 0 saturated heterocycles. The standard InChI is InChI=1S/C11H14O2/c1-3-8(2)11(13)9-6-4-5-7-10(9)12/h4-8,12H,3H2,1-2H3.